The molecule has 4 nitrogen and oxygen atoms in total. The molecule has 1 heterocycles. The van der Waals surface area contributed by atoms with E-state index in [1.807, 2.05) is 19.2 Å². The van der Waals surface area contributed by atoms with Crippen molar-refractivity contribution < 1.29 is 9.53 Å². The van der Waals surface area contributed by atoms with Gasteiger partial charge in [0.1, 0.15) is 0 Å². The fourth-order valence-corrected chi connectivity index (χ4v) is 2.66. The summed E-state index contributed by atoms with van der Waals surface area (Å²) >= 11 is 1.62. The molecule has 5 heteroatoms. The number of carbonyl (C=O) groups is 1. The van der Waals surface area contributed by atoms with Crippen molar-refractivity contribution in [1.82, 2.24) is 9.88 Å². The number of hydrogen-bond donors (Lipinski definition) is 0. The molecule has 102 valence electrons. The summed E-state index contributed by atoms with van der Waals surface area (Å²) in [4.78, 5) is 18.4. The molecule has 0 saturated carbocycles. The molecule has 0 aliphatic heterocycles. The highest BCUT2D eigenvalue weighted by Crippen LogP contribution is 2.25. The lowest BCUT2D eigenvalue weighted by atomic mass is 10.1. The standard InChI is InChI=1S/C13H22N2O2S/c1-5-15(6-2)12(8-13(16)17-7-3)11-9-18-10(4)14-11/h9,12H,5-8H2,1-4H3. The Morgan fingerprint density at radius 1 is 1.44 bits per heavy atom. The fraction of sp³-hybridized carbons (Fsp3) is 0.692. The molecule has 0 aliphatic carbocycles. The molecule has 0 radical (unpaired) electrons. The molecule has 0 N–H and O–H groups in total. The van der Waals surface area contributed by atoms with Crippen LogP contribution in [0.4, 0.5) is 0 Å². The van der Waals surface area contributed by atoms with E-state index in [2.05, 4.69) is 23.7 Å². The lowest BCUT2D eigenvalue weighted by Gasteiger charge is -2.27. The Morgan fingerprint density at radius 2 is 2.11 bits per heavy atom. The van der Waals surface area contributed by atoms with Crippen LogP contribution in [0.15, 0.2) is 5.38 Å². The average Bonchev–Trinajstić information content (AvgIpc) is 2.76. The Hall–Kier alpha value is -0.940. The maximum atomic E-state index is 11.7. The summed E-state index contributed by atoms with van der Waals surface area (Å²) in [5.74, 6) is -0.153. The third-order valence-corrected chi connectivity index (χ3v) is 3.69. The largest absolute Gasteiger partial charge is 0.466 e. The fourth-order valence-electron chi connectivity index (χ4n) is 2.00. The maximum Gasteiger partial charge on any atom is 0.307 e. The molecular formula is C13H22N2O2S. The molecule has 0 aliphatic rings. The summed E-state index contributed by atoms with van der Waals surface area (Å²) in [6.45, 7) is 10.2. The smallest absolute Gasteiger partial charge is 0.307 e. The van der Waals surface area contributed by atoms with Crippen molar-refractivity contribution in [3.63, 3.8) is 0 Å². The van der Waals surface area contributed by atoms with Crippen molar-refractivity contribution in [2.24, 2.45) is 0 Å². The molecule has 0 amide bonds. The summed E-state index contributed by atoms with van der Waals surface area (Å²) in [7, 11) is 0. The third kappa shape index (κ3) is 4.07. The summed E-state index contributed by atoms with van der Waals surface area (Å²) in [6, 6.07) is 0.0315. The van der Waals surface area contributed by atoms with Gasteiger partial charge in [-0.25, -0.2) is 4.98 Å². The molecule has 0 fully saturated rings. The van der Waals surface area contributed by atoms with E-state index in [9.17, 15) is 4.79 Å². The number of aryl methyl sites for hydroxylation is 1. The van der Waals surface area contributed by atoms with Crippen LogP contribution in [-0.4, -0.2) is 35.5 Å². The quantitative estimate of drug-likeness (QED) is 0.715. The van der Waals surface area contributed by atoms with E-state index in [1.165, 1.54) is 0 Å². The van der Waals surface area contributed by atoms with Crippen molar-refractivity contribution in [3.05, 3.63) is 16.1 Å². The maximum absolute atomic E-state index is 11.7. The van der Waals surface area contributed by atoms with Crippen LogP contribution < -0.4 is 0 Å². The first-order valence-corrected chi connectivity index (χ1v) is 7.31. The van der Waals surface area contributed by atoms with E-state index in [4.69, 9.17) is 4.74 Å². The third-order valence-electron chi connectivity index (χ3n) is 2.90. The van der Waals surface area contributed by atoms with E-state index >= 15 is 0 Å². The second-order valence-corrected chi connectivity index (χ2v) is 5.10. The minimum Gasteiger partial charge on any atom is -0.466 e. The molecule has 0 bridgehead atoms. The van der Waals surface area contributed by atoms with Gasteiger partial charge in [0, 0.05) is 5.38 Å². The SMILES string of the molecule is CCOC(=O)CC(c1csc(C)n1)N(CC)CC. The zero-order valence-electron chi connectivity index (χ0n) is 11.6. The lowest BCUT2D eigenvalue weighted by molar-refractivity contribution is -0.144. The van der Waals surface area contributed by atoms with Crippen LogP contribution in [0.2, 0.25) is 0 Å². The van der Waals surface area contributed by atoms with Crippen LogP contribution in [0, 0.1) is 6.92 Å². The van der Waals surface area contributed by atoms with Gasteiger partial charge in [-0.05, 0) is 26.9 Å². The van der Waals surface area contributed by atoms with Gasteiger partial charge >= 0.3 is 5.97 Å². The Kier molecular flexibility index (Phi) is 6.29. The van der Waals surface area contributed by atoms with Crippen LogP contribution in [0.3, 0.4) is 0 Å². The van der Waals surface area contributed by atoms with Gasteiger partial charge in [-0.2, -0.15) is 0 Å². The number of esters is 1. The van der Waals surface area contributed by atoms with Gasteiger partial charge in [-0.1, -0.05) is 13.8 Å². The highest BCUT2D eigenvalue weighted by molar-refractivity contribution is 7.09. The average molecular weight is 270 g/mol. The van der Waals surface area contributed by atoms with E-state index in [0.29, 0.717) is 13.0 Å². The predicted octanol–water partition coefficient (Wildman–Crippen LogP) is 2.79. The van der Waals surface area contributed by atoms with Gasteiger partial charge in [0.25, 0.3) is 0 Å². The number of aromatic nitrogens is 1. The predicted molar refractivity (Wildman–Crippen MR) is 73.8 cm³/mol. The number of carbonyl (C=O) groups excluding carboxylic acids is 1. The number of thiazole rings is 1. The molecule has 0 aromatic carbocycles. The highest BCUT2D eigenvalue weighted by atomic mass is 32.1. The van der Waals surface area contributed by atoms with Crippen LogP contribution in [-0.2, 0) is 9.53 Å². The van der Waals surface area contributed by atoms with Crippen molar-refractivity contribution in [3.8, 4) is 0 Å². The molecule has 1 aromatic rings. The Balaban J connectivity index is 2.84. The molecule has 1 rings (SSSR count). The van der Waals surface area contributed by atoms with Gasteiger partial charge in [0.2, 0.25) is 0 Å². The summed E-state index contributed by atoms with van der Waals surface area (Å²) < 4.78 is 5.05. The zero-order chi connectivity index (χ0) is 13.5. The van der Waals surface area contributed by atoms with Gasteiger partial charge in [-0.15, -0.1) is 11.3 Å². The monoisotopic (exact) mass is 270 g/mol. The minimum atomic E-state index is -0.153. The number of rotatable bonds is 7. The van der Waals surface area contributed by atoms with E-state index in [0.717, 1.165) is 23.8 Å². The van der Waals surface area contributed by atoms with Crippen LogP contribution in [0.5, 0.6) is 0 Å². The lowest BCUT2D eigenvalue weighted by Crippen LogP contribution is -2.31. The molecule has 1 unspecified atom stereocenters. The summed E-state index contributed by atoms with van der Waals surface area (Å²) in [5.41, 5.74) is 0.981. The van der Waals surface area contributed by atoms with Crippen LogP contribution in [0.1, 0.15) is 43.9 Å². The Morgan fingerprint density at radius 3 is 2.56 bits per heavy atom. The van der Waals surface area contributed by atoms with Gasteiger partial charge in [0.05, 0.1) is 29.8 Å². The molecule has 18 heavy (non-hydrogen) atoms. The van der Waals surface area contributed by atoms with E-state index in [1.54, 1.807) is 11.3 Å². The first-order chi connectivity index (χ1) is 8.62. The first-order valence-electron chi connectivity index (χ1n) is 6.44. The Labute approximate surface area is 113 Å². The van der Waals surface area contributed by atoms with Crippen molar-refractivity contribution in [2.75, 3.05) is 19.7 Å². The van der Waals surface area contributed by atoms with Gasteiger partial charge < -0.3 is 4.74 Å². The van der Waals surface area contributed by atoms with E-state index < -0.39 is 0 Å². The highest BCUT2D eigenvalue weighted by Gasteiger charge is 2.24. The van der Waals surface area contributed by atoms with Crippen molar-refractivity contribution in [2.45, 2.75) is 40.2 Å². The Bertz CT molecular complexity index is 375. The van der Waals surface area contributed by atoms with Crippen LogP contribution in [0.25, 0.3) is 0 Å². The van der Waals surface area contributed by atoms with Crippen molar-refractivity contribution >= 4 is 17.3 Å². The molecule has 0 saturated heterocycles. The number of nitrogens with zero attached hydrogens (tertiary/aromatic N) is 2. The second-order valence-electron chi connectivity index (χ2n) is 4.04. The summed E-state index contributed by atoms with van der Waals surface area (Å²) in [5, 5.41) is 3.07. The number of hydrogen-bond acceptors (Lipinski definition) is 5. The van der Waals surface area contributed by atoms with E-state index in [-0.39, 0.29) is 12.0 Å². The molecule has 1 aromatic heterocycles. The molecular weight excluding hydrogens is 248 g/mol. The number of ether oxygens (including phenoxy) is 1. The second kappa shape index (κ2) is 7.48. The first kappa shape index (κ1) is 15.1. The zero-order valence-corrected chi connectivity index (χ0v) is 12.4. The molecule has 0 spiro atoms. The molecule has 1 atom stereocenters. The van der Waals surface area contributed by atoms with Crippen molar-refractivity contribution in [1.29, 1.82) is 0 Å². The minimum absolute atomic E-state index is 0.0315. The topological polar surface area (TPSA) is 42.4 Å². The summed E-state index contributed by atoms with van der Waals surface area (Å²) in [6.07, 6.45) is 0.374. The normalized spacial score (nSPS) is 12.7. The van der Waals surface area contributed by atoms with Gasteiger partial charge in [0.15, 0.2) is 0 Å². The van der Waals surface area contributed by atoms with Gasteiger partial charge in [-0.3, -0.25) is 9.69 Å². The van der Waals surface area contributed by atoms with Crippen LogP contribution >= 0.6 is 11.3 Å².